The highest BCUT2D eigenvalue weighted by Gasteiger charge is 2.38. The Morgan fingerprint density at radius 2 is 1.84 bits per heavy atom. The molecule has 2 fully saturated rings. The molecule has 6 nitrogen and oxygen atoms in total. The van der Waals surface area contributed by atoms with Crippen LogP contribution in [0.2, 0.25) is 0 Å². The molecule has 0 bridgehead atoms. The fraction of sp³-hybridized carbons (Fsp3) is 0.842. The zero-order valence-electron chi connectivity index (χ0n) is 16.5. The number of ether oxygens (including phenoxy) is 1. The van der Waals surface area contributed by atoms with Gasteiger partial charge < -0.3 is 15.0 Å². The summed E-state index contributed by atoms with van der Waals surface area (Å²) in [6.07, 6.45) is 6.72. The first-order valence-corrected chi connectivity index (χ1v) is 9.77. The summed E-state index contributed by atoms with van der Waals surface area (Å²) in [4.78, 5) is 4.86. The molecule has 1 aliphatic carbocycles. The van der Waals surface area contributed by atoms with Gasteiger partial charge in [-0.1, -0.05) is 19.3 Å². The van der Waals surface area contributed by atoms with Crippen molar-refractivity contribution in [2.24, 2.45) is 7.05 Å². The zero-order chi connectivity index (χ0) is 17.9. The highest BCUT2D eigenvalue weighted by atomic mass is 16.5. The van der Waals surface area contributed by atoms with Crippen molar-refractivity contribution in [3.63, 3.8) is 0 Å². The second-order valence-electron chi connectivity index (χ2n) is 7.89. The van der Waals surface area contributed by atoms with Crippen molar-refractivity contribution in [3.05, 3.63) is 11.3 Å². The number of morpholine rings is 1. The highest BCUT2D eigenvalue weighted by Crippen LogP contribution is 2.34. The smallest absolute Gasteiger partial charge is 0.130 e. The summed E-state index contributed by atoms with van der Waals surface area (Å²) >= 11 is 0. The Morgan fingerprint density at radius 3 is 2.48 bits per heavy atom. The predicted octanol–water partition coefficient (Wildman–Crippen LogP) is 1.92. The number of anilines is 1. The lowest BCUT2D eigenvalue weighted by molar-refractivity contribution is -0.0369. The number of aromatic nitrogens is 2. The van der Waals surface area contributed by atoms with Crippen LogP contribution in [0.25, 0.3) is 0 Å². The first-order valence-electron chi connectivity index (χ1n) is 9.77. The molecule has 1 aromatic heterocycles. The second kappa shape index (κ2) is 8.06. The number of aryl methyl sites for hydroxylation is 2. The van der Waals surface area contributed by atoms with Crippen molar-refractivity contribution in [3.8, 4) is 0 Å². The van der Waals surface area contributed by atoms with Crippen LogP contribution in [0.15, 0.2) is 0 Å². The molecule has 1 aromatic rings. The minimum atomic E-state index is 0.316. The molecule has 1 N–H and O–H groups in total. The van der Waals surface area contributed by atoms with Crippen molar-refractivity contribution >= 4 is 5.82 Å². The summed E-state index contributed by atoms with van der Waals surface area (Å²) in [6.45, 7) is 7.99. The molecule has 6 heteroatoms. The summed E-state index contributed by atoms with van der Waals surface area (Å²) in [5.41, 5.74) is 2.76. The molecule has 1 saturated carbocycles. The molecule has 2 aliphatic rings. The molecule has 1 aliphatic heterocycles. The van der Waals surface area contributed by atoms with E-state index in [0.29, 0.717) is 5.54 Å². The van der Waals surface area contributed by atoms with Gasteiger partial charge in [-0.2, -0.15) is 5.10 Å². The van der Waals surface area contributed by atoms with Gasteiger partial charge >= 0.3 is 0 Å². The van der Waals surface area contributed by atoms with Crippen LogP contribution in [0.1, 0.15) is 43.4 Å². The van der Waals surface area contributed by atoms with Gasteiger partial charge in [-0.15, -0.1) is 0 Å². The molecule has 0 atom stereocenters. The first kappa shape index (κ1) is 18.7. The predicted molar refractivity (Wildman–Crippen MR) is 102 cm³/mol. The Labute approximate surface area is 152 Å². The van der Waals surface area contributed by atoms with Crippen LogP contribution in [-0.4, -0.2) is 67.2 Å². The summed E-state index contributed by atoms with van der Waals surface area (Å²) in [7, 11) is 6.22. The van der Waals surface area contributed by atoms with E-state index in [9.17, 15) is 0 Å². The van der Waals surface area contributed by atoms with Crippen LogP contribution in [0, 0.1) is 6.92 Å². The van der Waals surface area contributed by atoms with E-state index in [0.717, 1.165) is 45.1 Å². The van der Waals surface area contributed by atoms with Crippen LogP contribution < -0.4 is 10.2 Å². The number of rotatable bonds is 6. The summed E-state index contributed by atoms with van der Waals surface area (Å²) in [5.74, 6) is 1.20. The van der Waals surface area contributed by atoms with Crippen molar-refractivity contribution < 1.29 is 4.74 Å². The minimum absolute atomic E-state index is 0.316. The number of nitrogens with zero attached hydrogens (tertiary/aromatic N) is 4. The Hall–Kier alpha value is -1.11. The van der Waals surface area contributed by atoms with Crippen molar-refractivity contribution in [2.45, 2.75) is 51.1 Å². The molecule has 2 heterocycles. The van der Waals surface area contributed by atoms with Crippen LogP contribution in [0.3, 0.4) is 0 Å². The van der Waals surface area contributed by atoms with Gasteiger partial charge in [0.05, 0.1) is 18.9 Å². The summed E-state index contributed by atoms with van der Waals surface area (Å²) < 4.78 is 7.58. The Bertz CT molecular complexity index is 556. The maximum Gasteiger partial charge on any atom is 0.130 e. The van der Waals surface area contributed by atoms with Crippen LogP contribution >= 0.6 is 0 Å². The monoisotopic (exact) mass is 349 g/mol. The van der Waals surface area contributed by atoms with Gasteiger partial charge in [-0.25, -0.2) is 0 Å². The average Bonchev–Trinajstić information content (AvgIpc) is 2.90. The SMILES string of the molecule is Cc1nn(C)c(N(C)C)c1CNCC1(N2CCOCC2)CCCCC1. The molecule has 0 amide bonds. The standard InChI is InChI=1S/C19H35N5O/c1-16-17(18(22(2)3)23(4)21-16)14-20-15-19(8-6-5-7-9-19)24-10-12-25-13-11-24/h20H,5-15H2,1-4H3. The second-order valence-corrected chi connectivity index (χ2v) is 7.89. The maximum atomic E-state index is 5.59. The van der Waals surface area contributed by atoms with Crippen molar-refractivity contribution in [2.75, 3.05) is 51.8 Å². The van der Waals surface area contributed by atoms with Crippen LogP contribution in [0.5, 0.6) is 0 Å². The molecular weight excluding hydrogens is 314 g/mol. The lowest BCUT2D eigenvalue weighted by atomic mass is 9.79. The van der Waals surface area contributed by atoms with E-state index in [1.54, 1.807) is 0 Å². The normalized spacial score (nSPS) is 21.4. The van der Waals surface area contributed by atoms with Gasteiger partial charge in [0, 0.05) is 58.4 Å². The molecule has 1 saturated heterocycles. The van der Waals surface area contributed by atoms with Gasteiger partial charge in [0.15, 0.2) is 0 Å². The lowest BCUT2D eigenvalue weighted by Gasteiger charge is -2.48. The number of nitrogens with one attached hydrogen (secondary N) is 1. The van der Waals surface area contributed by atoms with E-state index in [4.69, 9.17) is 4.74 Å². The largest absolute Gasteiger partial charge is 0.379 e. The molecular formula is C19H35N5O. The van der Waals surface area contributed by atoms with E-state index < -0.39 is 0 Å². The highest BCUT2D eigenvalue weighted by molar-refractivity contribution is 5.48. The zero-order valence-corrected chi connectivity index (χ0v) is 16.5. The maximum absolute atomic E-state index is 5.59. The summed E-state index contributed by atoms with van der Waals surface area (Å²) in [6, 6.07) is 0. The fourth-order valence-corrected chi connectivity index (χ4v) is 4.73. The van der Waals surface area contributed by atoms with Gasteiger partial charge in [0.1, 0.15) is 5.82 Å². The molecule has 0 radical (unpaired) electrons. The summed E-state index contributed by atoms with van der Waals surface area (Å²) in [5, 5.41) is 8.41. The molecule has 3 rings (SSSR count). The van der Waals surface area contributed by atoms with E-state index >= 15 is 0 Å². The third-order valence-corrected chi connectivity index (χ3v) is 5.96. The molecule has 25 heavy (non-hydrogen) atoms. The van der Waals surface area contributed by atoms with Gasteiger partial charge in [0.25, 0.3) is 0 Å². The van der Waals surface area contributed by atoms with Crippen LogP contribution in [-0.2, 0) is 18.3 Å². The Morgan fingerprint density at radius 1 is 1.16 bits per heavy atom. The third-order valence-electron chi connectivity index (χ3n) is 5.96. The van der Waals surface area contributed by atoms with E-state index in [-0.39, 0.29) is 0 Å². The quantitative estimate of drug-likeness (QED) is 0.850. The Kier molecular flexibility index (Phi) is 6.02. The van der Waals surface area contributed by atoms with Crippen molar-refractivity contribution in [1.82, 2.24) is 20.0 Å². The fourth-order valence-electron chi connectivity index (χ4n) is 4.73. The van der Waals surface area contributed by atoms with E-state index in [1.165, 1.54) is 43.5 Å². The first-order chi connectivity index (χ1) is 12.0. The topological polar surface area (TPSA) is 45.6 Å². The van der Waals surface area contributed by atoms with E-state index in [1.807, 2.05) is 11.7 Å². The molecule has 0 unspecified atom stereocenters. The molecule has 0 aromatic carbocycles. The molecule has 142 valence electrons. The van der Waals surface area contributed by atoms with E-state index in [2.05, 4.69) is 41.2 Å². The van der Waals surface area contributed by atoms with Crippen molar-refractivity contribution in [1.29, 1.82) is 0 Å². The van der Waals surface area contributed by atoms with Gasteiger partial charge in [0.2, 0.25) is 0 Å². The van der Waals surface area contributed by atoms with Gasteiger partial charge in [-0.05, 0) is 19.8 Å². The number of hydrogen-bond donors (Lipinski definition) is 1. The average molecular weight is 350 g/mol. The minimum Gasteiger partial charge on any atom is -0.379 e. The molecule has 0 spiro atoms. The number of hydrogen-bond acceptors (Lipinski definition) is 5. The van der Waals surface area contributed by atoms with Gasteiger partial charge in [-0.3, -0.25) is 9.58 Å². The lowest BCUT2D eigenvalue weighted by Crippen LogP contribution is -2.59. The van der Waals surface area contributed by atoms with Crippen LogP contribution in [0.4, 0.5) is 5.82 Å². The Balaban J connectivity index is 1.68. The third kappa shape index (κ3) is 4.01.